The summed E-state index contributed by atoms with van der Waals surface area (Å²) in [5, 5.41) is 3.37. The first-order valence-corrected chi connectivity index (χ1v) is 4.74. The molecule has 0 saturated carbocycles. The largest absolute Gasteiger partial charge is 0.305 e. The van der Waals surface area contributed by atoms with Gasteiger partial charge in [-0.25, -0.2) is 8.78 Å². The van der Waals surface area contributed by atoms with Gasteiger partial charge in [0.2, 0.25) is 0 Å². The first-order chi connectivity index (χ1) is 6.59. The van der Waals surface area contributed by atoms with Crippen molar-refractivity contribution >= 4 is 11.6 Å². The van der Waals surface area contributed by atoms with Gasteiger partial charge < -0.3 is 5.32 Å². The summed E-state index contributed by atoms with van der Waals surface area (Å²) in [6.07, 6.45) is -2.32. The fraction of sp³-hybridized carbons (Fsp3) is 0.400. The highest BCUT2D eigenvalue weighted by Crippen LogP contribution is 2.15. The molecule has 0 spiro atoms. The summed E-state index contributed by atoms with van der Waals surface area (Å²) in [6, 6.07) is 7.06. The summed E-state index contributed by atoms with van der Waals surface area (Å²) in [7, 11) is 0. The molecule has 1 rings (SSSR count). The molecule has 0 heterocycles. The van der Waals surface area contributed by atoms with E-state index >= 15 is 0 Å². The van der Waals surface area contributed by atoms with Crippen LogP contribution in [0.15, 0.2) is 24.3 Å². The van der Waals surface area contributed by atoms with E-state index in [-0.39, 0.29) is 12.6 Å². The van der Waals surface area contributed by atoms with Crippen molar-refractivity contribution in [2.24, 2.45) is 0 Å². The van der Waals surface area contributed by atoms with E-state index in [9.17, 15) is 8.78 Å². The second-order valence-electron chi connectivity index (χ2n) is 3.07. The van der Waals surface area contributed by atoms with Gasteiger partial charge in [-0.1, -0.05) is 23.7 Å². The molecule has 0 aliphatic heterocycles. The van der Waals surface area contributed by atoms with Gasteiger partial charge in [0.1, 0.15) is 0 Å². The summed E-state index contributed by atoms with van der Waals surface area (Å²) >= 11 is 5.70. The van der Waals surface area contributed by atoms with E-state index in [1.807, 2.05) is 19.1 Å². The quantitative estimate of drug-likeness (QED) is 0.820. The van der Waals surface area contributed by atoms with Crippen molar-refractivity contribution < 1.29 is 8.78 Å². The zero-order chi connectivity index (χ0) is 10.6. The van der Waals surface area contributed by atoms with Crippen molar-refractivity contribution in [3.63, 3.8) is 0 Å². The van der Waals surface area contributed by atoms with E-state index in [0.29, 0.717) is 5.02 Å². The molecule has 0 aliphatic rings. The Hall–Kier alpha value is -0.670. The molecule has 1 aromatic carbocycles. The van der Waals surface area contributed by atoms with E-state index in [0.717, 1.165) is 5.56 Å². The average molecular weight is 220 g/mol. The molecule has 0 saturated heterocycles. The number of hydrogen-bond acceptors (Lipinski definition) is 1. The molecule has 78 valence electrons. The van der Waals surface area contributed by atoms with Gasteiger partial charge in [0.25, 0.3) is 6.43 Å². The van der Waals surface area contributed by atoms with Gasteiger partial charge in [0.05, 0.1) is 6.54 Å². The lowest BCUT2D eigenvalue weighted by Crippen LogP contribution is -2.24. The van der Waals surface area contributed by atoms with E-state index in [1.54, 1.807) is 12.1 Å². The molecule has 0 amide bonds. The van der Waals surface area contributed by atoms with Gasteiger partial charge in [0.15, 0.2) is 0 Å². The lowest BCUT2D eigenvalue weighted by Gasteiger charge is -2.13. The number of nitrogens with one attached hydrogen (secondary N) is 1. The predicted molar refractivity (Wildman–Crippen MR) is 53.9 cm³/mol. The standard InChI is InChI=1S/C10H12ClF2N/c1-7(14-6-10(12)13)8-2-4-9(11)5-3-8/h2-5,7,10,14H,6H2,1H3/t7-/m0/s1. The van der Waals surface area contributed by atoms with Gasteiger partial charge in [-0.05, 0) is 24.6 Å². The minimum atomic E-state index is -2.32. The number of halogens is 3. The second-order valence-corrected chi connectivity index (χ2v) is 3.51. The zero-order valence-electron chi connectivity index (χ0n) is 7.81. The van der Waals surface area contributed by atoms with Crippen LogP contribution < -0.4 is 5.32 Å². The molecule has 0 fully saturated rings. The number of hydrogen-bond donors (Lipinski definition) is 1. The van der Waals surface area contributed by atoms with Gasteiger partial charge in [-0.3, -0.25) is 0 Å². The maximum Gasteiger partial charge on any atom is 0.250 e. The number of benzene rings is 1. The van der Waals surface area contributed by atoms with Crippen molar-refractivity contribution in [2.45, 2.75) is 19.4 Å². The molecule has 0 aromatic heterocycles. The summed E-state index contributed by atoms with van der Waals surface area (Å²) in [5.74, 6) is 0. The Bertz CT molecular complexity index is 274. The summed E-state index contributed by atoms with van der Waals surface area (Å²) in [6.45, 7) is 1.55. The normalized spacial score (nSPS) is 13.2. The fourth-order valence-electron chi connectivity index (χ4n) is 1.14. The molecular formula is C10H12ClF2N. The zero-order valence-corrected chi connectivity index (χ0v) is 8.56. The molecule has 14 heavy (non-hydrogen) atoms. The average Bonchev–Trinajstić information content (AvgIpc) is 2.15. The molecule has 1 aromatic rings. The second kappa shape index (κ2) is 5.27. The van der Waals surface area contributed by atoms with Crippen molar-refractivity contribution in [3.05, 3.63) is 34.9 Å². The van der Waals surface area contributed by atoms with Crippen LogP contribution in [-0.2, 0) is 0 Å². The Balaban J connectivity index is 2.52. The fourth-order valence-corrected chi connectivity index (χ4v) is 1.26. The highest BCUT2D eigenvalue weighted by molar-refractivity contribution is 6.30. The lowest BCUT2D eigenvalue weighted by atomic mass is 10.1. The molecule has 0 unspecified atom stereocenters. The Kier molecular flexibility index (Phi) is 4.29. The molecular weight excluding hydrogens is 208 g/mol. The minimum absolute atomic E-state index is 0.0822. The maximum absolute atomic E-state index is 11.9. The molecule has 4 heteroatoms. The van der Waals surface area contributed by atoms with Crippen LogP contribution in [0.2, 0.25) is 5.02 Å². The van der Waals surface area contributed by atoms with Crippen LogP contribution in [0.3, 0.4) is 0 Å². The van der Waals surface area contributed by atoms with Crippen molar-refractivity contribution in [1.82, 2.24) is 5.32 Å². The van der Waals surface area contributed by atoms with E-state index in [2.05, 4.69) is 5.32 Å². The van der Waals surface area contributed by atoms with Crippen molar-refractivity contribution in [3.8, 4) is 0 Å². The molecule has 1 N–H and O–H groups in total. The lowest BCUT2D eigenvalue weighted by molar-refractivity contribution is 0.142. The summed E-state index contributed by atoms with van der Waals surface area (Å²) in [4.78, 5) is 0. The molecule has 0 aliphatic carbocycles. The Labute approximate surface area is 87.1 Å². The van der Waals surface area contributed by atoms with Crippen LogP contribution in [0.25, 0.3) is 0 Å². The number of rotatable bonds is 4. The van der Waals surface area contributed by atoms with Crippen LogP contribution >= 0.6 is 11.6 Å². The first kappa shape index (κ1) is 11.4. The highest BCUT2D eigenvalue weighted by atomic mass is 35.5. The predicted octanol–water partition coefficient (Wildman–Crippen LogP) is 3.26. The Morgan fingerprint density at radius 3 is 2.36 bits per heavy atom. The van der Waals surface area contributed by atoms with E-state index < -0.39 is 6.43 Å². The van der Waals surface area contributed by atoms with Crippen LogP contribution in [0.1, 0.15) is 18.5 Å². The smallest absolute Gasteiger partial charge is 0.250 e. The van der Waals surface area contributed by atoms with Gasteiger partial charge in [0, 0.05) is 11.1 Å². The van der Waals surface area contributed by atoms with Crippen LogP contribution in [0, 0.1) is 0 Å². The monoisotopic (exact) mass is 219 g/mol. The van der Waals surface area contributed by atoms with Crippen LogP contribution in [0.5, 0.6) is 0 Å². The van der Waals surface area contributed by atoms with E-state index in [1.165, 1.54) is 0 Å². The third-order valence-electron chi connectivity index (χ3n) is 1.95. The van der Waals surface area contributed by atoms with Gasteiger partial charge >= 0.3 is 0 Å². The topological polar surface area (TPSA) is 12.0 Å². The Morgan fingerprint density at radius 2 is 1.86 bits per heavy atom. The van der Waals surface area contributed by atoms with Gasteiger partial charge in [-0.15, -0.1) is 0 Å². The first-order valence-electron chi connectivity index (χ1n) is 4.36. The SMILES string of the molecule is C[C@H](NCC(F)F)c1ccc(Cl)cc1. The van der Waals surface area contributed by atoms with Gasteiger partial charge in [-0.2, -0.15) is 0 Å². The molecule has 1 atom stereocenters. The minimum Gasteiger partial charge on any atom is -0.305 e. The number of alkyl halides is 2. The third kappa shape index (κ3) is 3.60. The summed E-state index contributed by atoms with van der Waals surface area (Å²) in [5.41, 5.74) is 0.954. The molecule has 1 nitrogen and oxygen atoms in total. The van der Waals surface area contributed by atoms with E-state index in [4.69, 9.17) is 11.6 Å². The van der Waals surface area contributed by atoms with Crippen LogP contribution in [-0.4, -0.2) is 13.0 Å². The highest BCUT2D eigenvalue weighted by Gasteiger charge is 2.07. The van der Waals surface area contributed by atoms with Crippen LogP contribution in [0.4, 0.5) is 8.78 Å². The molecule has 0 bridgehead atoms. The van der Waals surface area contributed by atoms with Crippen molar-refractivity contribution in [1.29, 1.82) is 0 Å². The third-order valence-corrected chi connectivity index (χ3v) is 2.20. The Morgan fingerprint density at radius 1 is 1.29 bits per heavy atom. The maximum atomic E-state index is 11.9. The van der Waals surface area contributed by atoms with Crippen molar-refractivity contribution in [2.75, 3.05) is 6.54 Å². The summed E-state index contributed by atoms with van der Waals surface area (Å²) < 4.78 is 23.8. The molecule has 0 radical (unpaired) electrons.